The summed E-state index contributed by atoms with van der Waals surface area (Å²) in [5.41, 5.74) is 2.21. The highest BCUT2D eigenvalue weighted by molar-refractivity contribution is 6.00. The monoisotopic (exact) mass is 333 g/mol. The molecule has 25 heavy (non-hydrogen) atoms. The van der Waals surface area contributed by atoms with Crippen LogP contribution in [0.4, 0.5) is 10.5 Å². The molecule has 1 saturated carbocycles. The largest absolute Gasteiger partial charge is 0.441 e. The van der Waals surface area contributed by atoms with E-state index in [2.05, 4.69) is 18.0 Å². The van der Waals surface area contributed by atoms with Crippen LogP contribution in [0.15, 0.2) is 66.8 Å². The third-order valence-electron chi connectivity index (χ3n) is 5.43. The highest BCUT2D eigenvalue weighted by atomic mass is 16.6. The minimum atomic E-state index is -0.426. The van der Waals surface area contributed by atoms with Gasteiger partial charge >= 0.3 is 6.09 Å². The zero-order chi connectivity index (χ0) is 17.2. The van der Waals surface area contributed by atoms with Crippen molar-refractivity contribution in [3.8, 4) is 0 Å². The lowest BCUT2D eigenvalue weighted by Gasteiger charge is -2.19. The molecule has 2 bridgehead atoms. The molecule has 2 aliphatic carbocycles. The Morgan fingerprint density at radius 2 is 2.08 bits per heavy atom. The Morgan fingerprint density at radius 1 is 1.24 bits per heavy atom. The van der Waals surface area contributed by atoms with E-state index in [4.69, 9.17) is 4.74 Å². The number of ether oxygens (including phenoxy) is 1. The van der Waals surface area contributed by atoms with Crippen molar-refractivity contribution in [2.24, 2.45) is 11.8 Å². The Hall–Kier alpha value is -2.55. The van der Waals surface area contributed by atoms with Crippen LogP contribution in [0.3, 0.4) is 0 Å². The Labute approximate surface area is 148 Å². The molecule has 2 aromatic carbocycles. The molecule has 0 radical (unpaired) electrons. The molecule has 128 valence electrons. The standard InChI is InChI=1S/C22H23NO2/c1-2-19(14-18-13-15-10-11-17(18)12-15)25-22(24)23-21-9-5-7-16-6-3-4-8-20(16)21/h2-9,13,15,17,19H,1,10-12,14H2,(H,23,24). The average Bonchev–Trinajstić information content (AvgIpc) is 3.24. The molecule has 3 nitrogen and oxygen atoms in total. The number of anilines is 1. The number of carbonyl (C=O) groups is 1. The van der Waals surface area contributed by atoms with E-state index in [1.54, 1.807) is 6.08 Å². The second kappa shape index (κ2) is 6.75. The maximum Gasteiger partial charge on any atom is 0.412 e. The van der Waals surface area contributed by atoms with Gasteiger partial charge in [0.25, 0.3) is 0 Å². The van der Waals surface area contributed by atoms with Crippen molar-refractivity contribution >= 4 is 22.6 Å². The summed E-state index contributed by atoms with van der Waals surface area (Å²) < 4.78 is 5.61. The van der Waals surface area contributed by atoms with E-state index in [1.807, 2.05) is 42.5 Å². The number of carbonyl (C=O) groups excluding carboxylic acids is 1. The summed E-state index contributed by atoms with van der Waals surface area (Å²) in [5.74, 6) is 1.44. The van der Waals surface area contributed by atoms with Gasteiger partial charge in [-0.15, -0.1) is 0 Å². The first-order valence-electron chi connectivity index (χ1n) is 9.01. The normalized spacial score (nSPS) is 22.5. The summed E-state index contributed by atoms with van der Waals surface area (Å²) >= 11 is 0. The summed E-state index contributed by atoms with van der Waals surface area (Å²) in [4.78, 5) is 12.4. The van der Waals surface area contributed by atoms with Crippen molar-refractivity contribution in [2.75, 3.05) is 5.32 Å². The van der Waals surface area contributed by atoms with Crippen molar-refractivity contribution in [1.82, 2.24) is 0 Å². The molecule has 3 atom stereocenters. The van der Waals surface area contributed by atoms with Crippen LogP contribution in [0.25, 0.3) is 10.8 Å². The number of hydrogen-bond acceptors (Lipinski definition) is 2. The van der Waals surface area contributed by atoms with Crippen molar-refractivity contribution in [1.29, 1.82) is 0 Å². The smallest absolute Gasteiger partial charge is 0.412 e. The summed E-state index contributed by atoms with van der Waals surface area (Å²) in [6.45, 7) is 3.84. The van der Waals surface area contributed by atoms with E-state index < -0.39 is 6.09 Å². The van der Waals surface area contributed by atoms with Gasteiger partial charge in [0.15, 0.2) is 0 Å². The molecule has 0 spiro atoms. The van der Waals surface area contributed by atoms with Gasteiger partial charge in [-0.1, -0.05) is 60.7 Å². The summed E-state index contributed by atoms with van der Waals surface area (Å²) in [6.07, 6.45) is 8.06. The van der Waals surface area contributed by atoms with E-state index in [1.165, 1.54) is 24.8 Å². The molecule has 0 saturated heterocycles. The molecule has 3 heteroatoms. The SMILES string of the molecule is C=CC(CC1=CC2CCC1C2)OC(=O)Nc1cccc2ccccc12. The van der Waals surface area contributed by atoms with Crippen molar-refractivity contribution < 1.29 is 9.53 Å². The van der Waals surface area contributed by atoms with Crippen LogP contribution in [-0.4, -0.2) is 12.2 Å². The lowest BCUT2D eigenvalue weighted by Crippen LogP contribution is -2.22. The van der Waals surface area contributed by atoms with Gasteiger partial charge in [0.1, 0.15) is 6.10 Å². The van der Waals surface area contributed by atoms with Crippen LogP contribution >= 0.6 is 0 Å². The molecule has 1 amide bonds. The number of rotatable bonds is 5. The van der Waals surface area contributed by atoms with Crippen molar-refractivity contribution in [2.45, 2.75) is 31.8 Å². The maximum atomic E-state index is 12.4. The first-order valence-corrected chi connectivity index (χ1v) is 9.01. The van der Waals surface area contributed by atoms with Crippen LogP contribution in [0, 0.1) is 11.8 Å². The fourth-order valence-electron chi connectivity index (χ4n) is 4.19. The number of nitrogens with one attached hydrogen (secondary N) is 1. The fourth-order valence-corrected chi connectivity index (χ4v) is 4.19. The van der Waals surface area contributed by atoms with Crippen molar-refractivity contribution in [3.63, 3.8) is 0 Å². The molecule has 0 aromatic heterocycles. The summed E-state index contributed by atoms with van der Waals surface area (Å²) in [6, 6.07) is 13.8. The van der Waals surface area contributed by atoms with E-state index >= 15 is 0 Å². The minimum absolute atomic E-state index is 0.277. The molecule has 1 N–H and O–H groups in total. The predicted molar refractivity (Wildman–Crippen MR) is 102 cm³/mol. The van der Waals surface area contributed by atoms with Gasteiger partial charge in [-0.05, 0) is 42.6 Å². The molecule has 3 unspecified atom stereocenters. The first-order chi connectivity index (χ1) is 12.2. The third kappa shape index (κ3) is 3.32. The lowest BCUT2D eigenvalue weighted by molar-refractivity contribution is 0.133. The molecule has 4 rings (SSSR count). The topological polar surface area (TPSA) is 38.3 Å². The predicted octanol–water partition coefficient (Wildman–Crippen LogP) is 5.69. The van der Waals surface area contributed by atoms with Gasteiger partial charge in [-0.2, -0.15) is 0 Å². The van der Waals surface area contributed by atoms with E-state index in [9.17, 15) is 4.79 Å². The first kappa shape index (κ1) is 15.9. The molecular formula is C22H23NO2. The van der Waals surface area contributed by atoms with Gasteiger partial charge in [0, 0.05) is 11.8 Å². The summed E-state index contributed by atoms with van der Waals surface area (Å²) in [7, 11) is 0. The van der Waals surface area contributed by atoms with Crippen LogP contribution in [0.5, 0.6) is 0 Å². The zero-order valence-electron chi connectivity index (χ0n) is 14.3. The highest BCUT2D eigenvalue weighted by Gasteiger charge is 2.33. The second-order valence-corrected chi connectivity index (χ2v) is 7.05. The third-order valence-corrected chi connectivity index (χ3v) is 5.43. The Bertz CT molecular complexity index is 834. The minimum Gasteiger partial charge on any atom is -0.441 e. The number of hydrogen-bond donors (Lipinski definition) is 1. The number of benzene rings is 2. The molecular weight excluding hydrogens is 310 g/mol. The molecule has 0 aliphatic heterocycles. The maximum absolute atomic E-state index is 12.4. The summed E-state index contributed by atoms with van der Waals surface area (Å²) in [5, 5.41) is 4.98. The average molecular weight is 333 g/mol. The quantitative estimate of drug-likeness (QED) is 0.714. The van der Waals surface area contributed by atoms with Gasteiger partial charge in [0.2, 0.25) is 0 Å². The number of amides is 1. The Balaban J connectivity index is 1.42. The van der Waals surface area contributed by atoms with Crippen LogP contribution < -0.4 is 5.32 Å². The van der Waals surface area contributed by atoms with E-state index in [0.717, 1.165) is 28.8 Å². The highest BCUT2D eigenvalue weighted by Crippen LogP contribution is 2.45. The van der Waals surface area contributed by atoms with E-state index in [-0.39, 0.29) is 6.10 Å². The fraction of sp³-hybridized carbons (Fsp3) is 0.318. The Kier molecular flexibility index (Phi) is 4.31. The Morgan fingerprint density at radius 3 is 2.84 bits per heavy atom. The number of fused-ring (bicyclic) bond motifs is 3. The molecule has 2 aromatic rings. The molecule has 2 aliphatic rings. The second-order valence-electron chi connectivity index (χ2n) is 7.05. The van der Waals surface area contributed by atoms with Gasteiger partial charge in [-0.25, -0.2) is 4.79 Å². The van der Waals surface area contributed by atoms with Gasteiger partial charge < -0.3 is 4.74 Å². The lowest BCUT2D eigenvalue weighted by atomic mass is 9.94. The van der Waals surface area contributed by atoms with Crippen LogP contribution in [-0.2, 0) is 4.74 Å². The van der Waals surface area contributed by atoms with Gasteiger partial charge in [-0.3, -0.25) is 5.32 Å². The van der Waals surface area contributed by atoms with Crippen LogP contribution in [0.1, 0.15) is 25.7 Å². The zero-order valence-corrected chi connectivity index (χ0v) is 14.3. The number of allylic oxidation sites excluding steroid dienone is 1. The molecule has 1 fully saturated rings. The van der Waals surface area contributed by atoms with Gasteiger partial charge in [0.05, 0.1) is 5.69 Å². The van der Waals surface area contributed by atoms with Crippen molar-refractivity contribution in [3.05, 3.63) is 66.8 Å². The van der Waals surface area contributed by atoms with E-state index in [0.29, 0.717) is 5.92 Å². The molecule has 0 heterocycles. The van der Waals surface area contributed by atoms with Crippen LogP contribution in [0.2, 0.25) is 0 Å².